The van der Waals surface area contributed by atoms with Crippen molar-refractivity contribution < 1.29 is 28.2 Å². The highest BCUT2D eigenvalue weighted by Gasteiger charge is 2.23. The molecule has 0 radical (unpaired) electrons. The molecule has 0 saturated carbocycles. The van der Waals surface area contributed by atoms with Gasteiger partial charge in [0.15, 0.2) is 12.4 Å². The maximum Gasteiger partial charge on any atom is 0.363 e. The number of hydrogen-bond acceptors (Lipinski definition) is 7. The Kier molecular flexibility index (Phi) is 7.11. The number of nitro groups is 1. The highest BCUT2D eigenvalue weighted by molar-refractivity contribution is 6.23. The van der Waals surface area contributed by atoms with Gasteiger partial charge in [0, 0.05) is 19.7 Å². The molecule has 1 saturated heterocycles. The smallest absolute Gasteiger partial charge is 0.363 e. The van der Waals surface area contributed by atoms with Gasteiger partial charge in [-0.25, -0.2) is 9.18 Å². The summed E-state index contributed by atoms with van der Waals surface area (Å²) in [6.45, 7) is 0.949. The molecular weight excluding hydrogens is 346 g/mol. The molecule has 140 valence electrons. The van der Waals surface area contributed by atoms with E-state index in [1.54, 1.807) is 13.2 Å². The summed E-state index contributed by atoms with van der Waals surface area (Å²) in [5.74, 6) is -2.24. The second kappa shape index (κ2) is 9.30. The number of carbonyl (C=O) groups is 1. The lowest BCUT2D eigenvalue weighted by molar-refractivity contribution is -0.386. The average molecular weight is 366 g/mol. The van der Waals surface area contributed by atoms with Gasteiger partial charge in [-0.2, -0.15) is 0 Å². The van der Waals surface area contributed by atoms with Gasteiger partial charge >= 0.3 is 19.3 Å². The fourth-order valence-electron chi connectivity index (χ4n) is 2.77. The second-order valence-corrected chi connectivity index (χ2v) is 5.85. The van der Waals surface area contributed by atoms with Gasteiger partial charge in [-0.3, -0.25) is 10.1 Å². The Bertz CT molecular complexity index is 710. The van der Waals surface area contributed by atoms with Crippen molar-refractivity contribution in [3.63, 3.8) is 0 Å². The third kappa shape index (κ3) is 5.27. The van der Waals surface area contributed by atoms with Crippen LogP contribution >= 0.6 is 0 Å². The van der Waals surface area contributed by atoms with Gasteiger partial charge in [0.1, 0.15) is 0 Å². The molecule has 0 aromatic heterocycles. The first-order valence-corrected chi connectivity index (χ1v) is 8.03. The minimum absolute atomic E-state index is 0.369. The van der Waals surface area contributed by atoms with Crippen molar-refractivity contribution in [3.8, 4) is 5.75 Å². The van der Waals surface area contributed by atoms with E-state index in [2.05, 4.69) is 9.55 Å². The molecule has 1 aromatic rings. The van der Waals surface area contributed by atoms with E-state index in [0.29, 0.717) is 19.7 Å². The molecule has 1 fully saturated rings. The Labute approximate surface area is 151 Å². The Morgan fingerprint density at radius 2 is 2.23 bits per heavy atom. The van der Waals surface area contributed by atoms with Gasteiger partial charge in [-0.15, -0.1) is 0 Å². The van der Waals surface area contributed by atoms with Gasteiger partial charge in [0.25, 0.3) is 0 Å². The van der Waals surface area contributed by atoms with Crippen LogP contribution in [0.1, 0.15) is 18.4 Å². The van der Waals surface area contributed by atoms with Crippen molar-refractivity contribution >= 4 is 25.3 Å². The zero-order chi connectivity index (χ0) is 19.1. The van der Waals surface area contributed by atoms with Crippen molar-refractivity contribution in [2.75, 3.05) is 33.9 Å². The number of methoxy groups -OCH3 is 1. The first-order valence-electron chi connectivity index (χ1n) is 8.03. The number of nitro benzene ring substituents is 1. The summed E-state index contributed by atoms with van der Waals surface area (Å²) in [5, 5.41) is 11.3. The Hall–Kier alpha value is -2.46. The number of nitrogens with zero attached hydrogens (tertiary/aromatic N) is 2. The summed E-state index contributed by atoms with van der Waals surface area (Å²) in [7, 11) is 3.25. The van der Waals surface area contributed by atoms with Crippen LogP contribution in [0.15, 0.2) is 17.7 Å². The van der Waals surface area contributed by atoms with Crippen LogP contribution in [0.25, 0.3) is 6.08 Å². The second-order valence-electron chi connectivity index (χ2n) is 5.85. The maximum absolute atomic E-state index is 14.3. The molecule has 2 rings (SSSR count). The fourth-order valence-corrected chi connectivity index (χ4v) is 2.77. The summed E-state index contributed by atoms with van der Waals surface area (Å²) >= 11 is 0. The number of benzene rings is 1. The lowest BCUT2D eigenvalue weighted by atomic mass is 9.97. The summed E-state index contributed by atoms with van der Waals surface area (Å²) < 4.78 is 28.8. The van der Waals surface area contributed by atoms with Gasteiger partial charge < -0.3 is 18.9 Å². The molecule has 1 aliphatic rings. The lowest BCUT2D eigenvalue weighted by Crippen LogP contribution is -2.35. The van der Waals surface area contributed by atoms with Crippen LogP contribution < -0.4 is 4.74 Å². The van der Waals surface area contributed by atoms with Crippen LogP contribution in [0.5, 0.6) is 5.75 Å². The lowest BCUT2D eigenvalue weighted by Gasteiger charge is -2.27. The number of carbonyl (C=O) groups excluding carboxylic acids is 1. The third-order valence-corrected chi connectivity index (χ3v) is 3.89. The first-order chi connectivity index (χ1) is 12.4. The SMILES string of the molecule is COBN1CCC/C(=C\c2cc(F)c(OCC(=O)OC)c([N+](=O)[O-])c2)C1. The topological polar surface area (TPSA) is 91.1 Å². The quantitative estimate of drug-likeness (QED) is 0.314. The van der Waals surface area contributed by atoms with Crippen molar-refractivity contribution in [2.24, 2.45) is 0 Å². The molecule has 26 heavy (non-hydrogen) atoms. The van der Waals surface area contributed by atoms with E-state index < -0.39 is 34.8 Å². The fraction of sp³-hybridized carbons (Fsp3) is 0.438. The van der Waals surface area contributed by atoms with E-state index in [9.17, 15) is 19.3 Å². The van der Waals surface area contributed by atoms with Gasteiger partial charge in [0.05, 0.1) is 12.0 Å². The van der Waals surface area contributed by atoms with Crippen LogP contribution in [0.3, 0.4) is 0 Å². The van der Waals surface area contributed by atoms with Crippen molar-refractivity contribution in [1.82, 2.24) is 4.81 Å². The standard InChI is InChI=1S/C16H20BFN2O6/c1-24-15(21)10-26-16-13(18)7-12(8-14(16)20(22)23)6-11-4-3-5-19(9-11)17-25-2/h6-8,17H,3-5,9-10H2,1-2H3/b11-6+. The van der Waals surface area contributed by atoms with E-state index in [-0.39, 0.29) is 0 Å². The van der Waals surface area contributed by atoms with E-state index in [1.807, 2.05) is 0 Å². The Morgan fingerprint density at radius 3 is 2.88 bits per heavy atom. The van der Waals surface area contributed by atoms with Crippen molar-refractivity contribution in [2.45, 2.75) is 12.8 Å². The summed E-state index contributed by atoms with van der Waals surface area (Å²) in [6, 6.07) is 2.39. The minimum Gasteiger partial charge on any atom is -0.473 e. The van der Waals surface area contributed by atoms with Crippen LogP contribution in [-0.2, 0) is 14.2 Å². The minimum atomic E-state index is -0.903. The van der Waals surface area contributed by atoms with Crippen LogP contribution in [0.4, 0.5) is 10.1 Å². The number of piperidine rings is 1. The predicted octanol–water partition coefficient (Wildman–Crippen LogP) is 1.68. The first kappa shape index (κ1) is 19.9. The molecule has 8 nitrogen and oxygen atoms in total. The van der Waals surface area contributed by atoms with Gasteiger partial charge in [0.2, 0.25) is 5.75 Å². The molecule has 1 heterocycles. The van der Waals surface area contributed by atoms with E-state index in [0.717, 1.165) is 38.1 Å². The molecule has 1 aliphatic heterocycles. The van der Waals surface area contributed by atoms with Crippen molar-refractivity contribution in [3.05, 3.63) is 39.2 Å². The molecule has 0 spiro atoms. The summed E-state index contributed by atoms with van der Waals surface area (Å²) in [4.78, 5) is 23.7. The van der Waals surface area contributed by atoms with E-state index in [4.69, 9.17) is 9.39 Å². The molecule has 1 aromatic carbocycles. The number of rotatable bonds is 7. The normalized spacial score (nSPS) is 16.3. The maximum atomic E-state index is 14.3. The van der Waals surface area contributed by atoms with E-state index >= 15 is 0 Å². The molecule has 0 bridgehead atoms. The van der Waals surface area contributed by atoms with E-state index in [1.165, 1.54) is 6.07 Å². The average Bonchev–Trinajstić information content (AvgIpc) is 2.60. The number of halogens is 1. The zero-order valence-corrected chi connectivity index (χ0v) is 14.7. The molecule has 10 heteroatoms. The third-order valence-electron chi connectivity index (χ3n) is 3.89. The number of esters is 1. The van der Waals surface area contributed by atoms with Crippen molar-refractivity contribution in [1.29, 1.82) is 0 Å². The van der Waals surface area contributed by atoms with Crippen LogP contribution in [0.2, 0.25) is 0 Å². The number of ether oxygens (including phenoxy) is 2. The summed E-state index contributed by atoms with van der Waals surface area (Å²) in [5.41, 5.74) is 0.865. The van der Waals surface area contributed by atoms with Crippen LogP contribution in [0, 0.1) is 15.9 Å². The Morgan fingerprint density at radius 1 is 1.46 bits per heavy atom. The highest BCUT2D eigenvalue weighted by Crippen LogP contribution is 2.33. The zero-order valence-electron chi connectivity index (χ0n) is 14.7. The summed E-state index contributed by atoms with van der Waals surface area (Å²) in [6.07, 6.45) is 3.50. The highest BCUT2D eigenvalue weighted by atomic mass is 19.1. The molecule has 0 N–H and O–H groups in total. The molecule has 0 atom stereocenters. The van der Waals surface area contributed by atoms with Gasteiger partial charge in [-0.05, 0) is 31.0 Å². The number of hydrogen-bond donors (Lipinski definition) is 0. The van der Waals surface area contributed by atoms with Gasteiger partial charge in [-0.1, -0.05) is 11.6 Å². The molecule has 0 amide bonds. The predicted molar refractivity (Wildman–Crippen MR) is 93.5 cm³/mol. The molecule has 0 aliphatic carbocycles. The monoisotopic (exact) mass is 366 g/mol. The molecular formula is C16H20BFN2O6. The molecule has 0 unspecified atom stereocenters. The van der Waals surface area contributed by atoms with Crippen LogP contribution in [-0.4, -0.2) is 57.2 Å². The largest absolute Gasteiger partial charge is 0.473 e. The Balaban J connectivity index is 2.26.